The summed E-state index contributed by atoms with van der Waals surface area (Å²) in [5.74, 6) is 0. The molecule has 0 unspecified atom stereocenters. The Morgan fingerprint density at radius 3 is 0.854 bits per heavy atom. The van der Waals surface area contributed by atoms with Crippen molar-refractivity contribution in [1.82, 2.24) is 0 Å². The zero-order valence-electron chi connectivity index (χ0n) is 34.3. The summed E-state index contributed by atoms with van der Waals surface area (Å²) in [5.41, 5.74) is 0.830. The van der Waals surface area contributed by atoms with E-state index in [1.807, 2.05) is 30.3 Å². The molecule has 0 bridgehead atoms. The summed E-state index contributed by atoms with van der Waals surface area (Å²) in [6.45, 7) is 49.0. The van der Waals surface area contributed by atoms with Crippen molar-refractivity contribution in [3.63, 3.8) is 0 Å². The maximum Gasteiger partial charge on any atom is 0.640 e. The van der Waals surface area contributed by atoms with Crippen LogP contribution in [0.5, 0.6) is 0 Å². The van der Waals surface area contributed by atoms with E-state index in [2.05, 4.69) is 144 Å². The largest absolute Gasteiger partial charge is 0.640 e. The van der Waals surface area contributed by atoms with Crippen molar-refractivity contribution in [3.8, 4) is 0 Å². The fourth-order valence-corrected chi connectivity index (χ4v) is 38.6. The zero-order chi connectivity index (χ0) is 38.1. The second kappa shape index (κ2) is 16.0. The van der Waals surface area contributed by atoms with Crippen LogP contribution in [0.3, 0.4) is 0 Å². The van der Waals surface area contributed by atoms with Crippen molar-refractivity contribution in [1.29, 1.82) is 0 Å². The Hall–Kier alpha value is 0.769. The second-order valence-electron chi connectivity index (χ2n) is 19.1. The molecule has 0 aliphatic heterocycles. The van der Waals surface area contributed by atoms with E-state index >= 15 is 0 Å². The van der Waals surface area contributed by atoms with Gasteiger partial charge in [0, 0.05) is 5.19 Å². The van der Waals surface area contributed by atoms with Crippen LogP contribution in [0.4, 0.5) is 0 Å². The van der Waals surface area contributed by atoms with Crippen LogP contribution in [0.1, 0.15) is 5.56 Å². The lowest BCUT2D eigenvalue weighted by Gasteiger charge is -2.49. The lowest BCUT2D eigenvalue weighted by atomic mass is 10.2. The molecule has 0 saturated carbocycles. The van der Waals surface area contributed by atoms with E-state index in [1.165, 1.54) is 0 Å². The van der Waals surface area contributed by atoms with Gasteiger partial charge in [-0.05, 0) is 143 Å². The van der Waals surface area contributed by atoms with Crippen LogP contribution < -0.4 is 5.19 Å². The quantitative estimate of drug-likeness (QED) is 0.119. The summed E-state index contributed by atoms with van der Waals surface area (Å²) in [5, 5.41) is 0.742. The van der Waals surface area contributed by atoms with Crippen LogP contribution in [0.25, 0.3) is 6.08 Å². The summed E-state index contributed by atoms with van der Waals surface area (Å²) in [6, 6.07) is 7.98. The van der Waals surface area contributed by atoms with Gasteiger partial charge < -0.3 is 37.0 Å². The maximum atomic E-state index is 7.66. The molecule has 0 N–H and O–H groups in total. The minimum Gasteiger partial charge on any atom is -0.413 e. The van der Waals surface area contributed by atoms with Gasteiger partial charge >= 0.3 is 26.9 Å². The average Bonchev–Trinajstić information content (AvgIpc) is 2.69. The predicted octanol–water partition coefficient (Wildman–Crippen LogP) is 9.34. The third kappa shape index (κ3) is 18.0. The molecule has 9 nitrogen and oxygen atoms in total. The number of hydrogen-bond acceptors (Lipinski definition) is 9. The van der Waals surface area contributed by atoms with E-state index in [0.717, 1.165) is 10.8 Å². The Bertz CT molecular complexity index is 1060. The highest BCUT2D eigenvalue weighted by atomic mass is 28.6. The van der Waals surface area contributed by atoms with Gasteiger partial charge in [-0.15, -0.1) is 0 Å². The maximum absolute atomic E-state index is 7.66. The van der Waals surface area contributed by atoms with Crippen LogP contribution in [0.2, 0.25) is 137 Å². The van der Waals surface area contributed by atoms with Crippen molar-refractivity contribution in [2.75, 3.05) is 0 Å². The lowest BCUT2D eigenvalue weighted by Crippen LogP contribution is -2.77. The molecular formula is C29H70O9Si10. The van der Waals surface area contributed by atoms with Gasteiger partial charge in [-0.1, -0.05) is 36.9 Å². The molecule has 1 aromatic rings. The Morgan fingerprint density at radius 2 is 0.625 bits per heavy atom. The Balaban J connectivity index is 4.63. The highest BCUT2D eigenvalue weighted by Gasteiger charge is 2.68. The van der Waals surface area contributed by atoms with Gasteiger partial charge in [0.2, 0.25) is 0 Å². The number of rotatable bonds is 20. The van der Waals surface area contributed by atoms with E-state index in [4.69, 9.17) is 37.0 Å². The second-order valence-corrected chi connectivity index (χ2v) is 59.6. The van der Waals surface area contributed by atoms with E-state index in [0.29, 0.717) is 0 Å². The molecule has 0 amide bonds. The summed E-state index contributed by atoms with van der Waals surface area (Å²) >= 11 is 0. The monoisotopic (exact) mass is 842 g/mol. The van der Waals surface area contributed by atoms with E-state index in [9.17, 15) is 0 Å². The number of hydrogen-bond donors (Lipinski definition) is 0. The van der Waals surface area contributed by atoms with Crippen LogP contribution in [0, 0.1) is 0 Å². The highest BCUT2D eigenvalue weighted by Crippen LogP contribution is 2.36. The smallest absolute Gasteiger partial charge is 0.413 e. The van der Waals surface area contributed by atoms with E-state index in [1.54, 1.807) is 0 Å². The fourth-order valence-electron chi connectivity index (χ4n) is 4.41. The Morgan fingerprint density at radius 1 is 0.375 bits per heavy atom. The summed E-state index contributed by atoms with van der Waals surface area (Å²) < 4.78 is 65.5. The van der Waals surface area contributed by atoms with Crippen molar-refractivity contribution in [2.45, 2.75) is 137 Å². The van der Waals surface area contributed by atoms with Crippen molar-refractivity contribution >= 4 is 96.4 Å². The number of benzene rings is 1. The van der Waals surface area contributed by atoms with E-state index in [-0.39, 0.29) is 0 Å². The average molecular weight is 844 g/mol. The molecule has 0 atom stereocenters. The van der Waals surface area contributed by atoms with E-state index < -0.39 is 85.1 Å². The molecule has 48 heavy (non-hydrogen) atoms. The fraction of sp³-hybridized carbons (Fsp3) is 0.724. The minimum atomic E-state index is -4.24. The van der Waals surface area contributed by atoms with Gasteiger partial charge in [-0.3, -0.25) is 0 Å². The van der Waals surface area contributed by atoms with Gasteiger partial charge in [0.25, 0.3) is 0 Å². The first-order chi connectivity index (χ1) is 20.9. The topological polar surface area (TPSA) is 83.1 Å². The van der Waals surface area contributed by atoms with Crippen molar-refractivity contribution < 1.29 is 37.0 Å². The van der Waals surface area contributed by atoms with Gasteiger partial charge in [-0.2, -0.15) is 0 Å². The molecule has 0 radical (unpaired) electrons. The first-order valence-electron chi connectivity index (χ1n) is 16.9. The van der Waals surface area contributed by atoms with Crippen LogP contribution >= 0.6 is 0 Å². The van der Waals surface area contributed by atoms with Gasteiger partial charge in [0.15, 0.2) is 58.2 Å². The predicted molar refractivity (Wildman–Crippen MR) is 227 cm³/mol. The SMILES string of the molecule is C=Cc1ccccc1[Si](O[Si](C)(C)C)(O[Si](O[Si](C)(C)C)(O[Si](C)(C)C)O[Si](C)(C)C)O[Si](O[Si](C)(C)C)(O[Si](C)(C)C)O[Si](C)(C)C. The normalized spacial score (nSPS) is 15.2. The molecule has 0 fully saturated rings. The third-order valence-electron chi connectivity index (χ3n) is 5.06. The Kier molecular flexibility index (Phi) is 15.6. The first kappa shape index (κ1) is 46.8. The molecule has 1 aromatic carbocycles. The van der Waals surface area contributed by atoms with Gasteiger partial charge in [0.05, 0.1) is 0 Å². The zero-order valence-corrected chi connectivity index (χ0v) is 44.3. The molecule has 1 rings (SSSR count). The molecule has 0 spiro atoms. The molecular weight excluding hydrogens is 773 g/mol. The molecule has 19 heteroatoms. The van der Waals surface area contributed by atoms with Crippen LogP contribution in [0.15, 0.2) is 30.8 Å². The summed E-state index contributed by atoms with van der Waals surface area (Å²) in [7, 11) is -29.1. The molecule has 0 aliphatic rings. The summed E-state index contributed by atoms with van der Waals surface area (Å²) in [6.07, 6.45) is 1.82. The van der Waals surface area contributed by atoms with Gasteiger partial charge in [-0.25, -0.2) is 0 Å². The van der Waals surface area contributed by atoms with Gasteiger partial charge in [0.1, 0.15) is 0 Å². The standard InChI is InChI=1S/C29H70O9Si10/c1-23-28-26-24-25-27-29(28)46(30-39(2,3)4,37-47(31-40(5,6)7,32-41(8,9)10)33-42(11,12)13)38-48(34-43(14,15)16,35-44(17,18)19)36-45(20,21)22/h23-27H,1H2,2-22H3. The molecule has 0 saturated heterocycles. The molecule has 0 aliphatic carbocycles. The van der Waals surface area contributed by atoms with Crippen molar-refractivity contribution in [3.05, 3.63) is 36.4 Å². The first-order valence-corrected chi connectivity index (χ1v) is 45.8. The molecule has 0 aromatic heterocycles. The van der Waals surface area contributed by atoms with Crippen LogP contribution in [-0.2, 0) is 37.0 Å². The Labute approximate surface area is 305 Å². The lowest BCUT2D eigenvalue weighted by molar-refractivity contribution is 0.0781. The third-order valence-corrected chi connectivity index (χ3v) is 34.5. The summed E-state index contributed by atoms with van der Waals surface area (Å²) in [4.78, 5) is 0. The minimum absolute atomic E-state index is 0.742. The highest BCUT2D eigenvalue weighted by molar-refractivity contribution is 6.98. The molecule has 280 valence electrons. The van der Waals surface area contributed by atoms with Crippen LogP contribution in [-0.4, -0.2) is 85.1 Å². The van der Waals surface area contributed by atoms with Crippen molar-refractivity contribution in [2.24, 2.45) is 0 Å². The molecule has 0 heterocycles.